The number of carbonyl (C=O) groups excluding carboxylic acids is 7. The molecule has 1 saturated carbocycles. The quantitative estimate of drug-likeness (QED) is 0.182. The van der Waals surface area contributed by atoms with E-state index in [0.29, 0.717) is 24.9 Å². The number of Topliss-reactive ketones (excluding diaryl/α,β-unsaturated/α-hetero) is 1. The average Bonchev–Trinajstić information content (AvgIpc) is 3.35. The van der Waals surface area contributed by atoms with Crippen molar-refractivity contribution in [1.82, 2.24) is 36.4 Å². The Morgan fingerprint density at radius 1 is 0.923 bits per heavy atom. The molecule has 0 spiro atoms. The molecule has 0 bridgehead atoms. The van der Waals surface area contributed by atoms with Gasteiger partial charge in [-0.05, 0) is 55.4 Å². The van der Waals surface area contributed by atoms with Gasteiger partial charge >= 0.3 is 6.03 Å². The molecule has 5 N–H and O–H groups in total. The summed E-state index contributed by atoms with van der Waals surface area (Å²) in [5, 5.41) is 13.4. The first kappa shape index (κ1) is 41.9. The number of carbonyl (C=O) groups is 7. The van der Waals surface area contributed by atoms with Crippen LogP contribution in [0.1, 0.15) is 93.2 Å². The normalized spacial score (nSPS) is 20.7. The van der Waals surface area contributed by atoms with E-state index in [2.05, 4.69) is 26.6 Å². The van der Waals surface area contributed by atoms with Crippen molar-refractivity contribution in [2.24, 2.45) is 22.7 Å². The van der Waals surface area contributed by atoms with Crippen molar-refractivity contribution in [3.8, 4) is 0 Å². The Kier molecular flexibility index (Phi) is 13.3. The lowest BCUT2D eigenvalue weighted by molar-refractivity contribution is -0.145. The summed E-state index contributed by atoms with van der Waals surface area (Å²) < 4.78 is 0. The summed E-state index contributed by atoms with van der Waals surface area (Å²) in [6.45, 7) is 16.7. The number of unbranched alkanes of at least 4 members (excludes halogenated alkanes) is 1. The number of urea groups is 1. The van der Waals surface area contributed by atoms with Crippen molar-refractivity contribution in [3.63, 3.8) is 0 Å². The number of amides is 7. The van der Waals surface area contributed by atoms with Gasteiger partial charge in [-0.2, -0.15) is 0 Å². The number of ketones is 1. The first-order valence-corrected chi connectivity index (χ1v) is 18.1. The molecule has 1 heterocycles. The number of likely N-dealkylation sites (N-methyl/N-ethyl adjacent to an activating group) is 1. The van der Waals surface area contributed by atoms with Crippen LogP contribution in [0.15, 0.2) is 30.3 Å². The van der Waals surface area contributed by atoms with Crippen LogP contribution in [0.3, 0.4) is 0 Å². The van der Waals surface area contributed by atoms with Crippen LogP contribution in [0, 0.1) is 22.7 Å². The number of piperidine rings is 1. The topological polar surface area (TPSA) is 186 Å². The summed E-state index contributed by atoms with van der Waals surface area (Å²) in [5.41, 5.74) is -0.909. The Bertz CT molecular complexity index is 1510. The number of hydrogen-bond donors (Lipinski definition) is 5. The molecule has 14 heteroatoms. The third kappa shape index (κ3) is 10.3. The number of likely N-dealkylation sites (tertiary alicyclic amines) is 1. The highest BCUT2D eigenvalue weighted by Gasteiger charge is 2.70. The van der Waals surface area contributed by atoms with E-state index in [1.165, 1.54) is 9.80 Å². The lowest BCUT2D eigenvalue weighted by Gasteiger charge is -2.38. The van der Waals surface area contributed by atoms with Gasteiger partial charge in [0.05, 0.1) is 12.6 Å². The molecule has 288 valence electrons. The predicted octanol–water partition coefficient (Wildman–Crippen LogP) is 2.29. The summed E-state index contributed by atoms with van der Waals surface area (Å²) in [6, 6.07) is 4.08. The molecule has 2 aliphatic rings. The average molecular weight is 726 g/mol. The maximum atomic E-state index is 14.2. The van der Waals surface area contributed by atoms with Crippen molar-refractivity contribution in [2.45, 2.75) is 111 Å². The van der Waals surface area contributed by atoms with Crippen molar-refractivity contribution < 1.29 is 33.6 Å². The highest BCUT2D eigenvalue weighted by Crippen LogP contribution is 2.65. The summed E-state index contributed by atoms with van der Waals surface area (Å²) in [6.07, 6.45) is 1.39. The van der Waals surface area contributed by atoms with Crippen molar-refractivity contribution >= 4 is 41.4 Å². The second-order valence-electron chi connectivity index (χ2n) is 16.9. The Morgan fingerprint density at radius 3 is 2.08 bits per heavy atom. The van der Waals surface area contributed by atoms with E-state index < -0.39 is 77.1 Å². The van der Waals surface area contributed by atoms with Crippen LogP contribution in [0.2, 0.25) is 0 Å². The van der Waals surface area contributed by atoms with E-state index >= 15 is 0 Å². The van der Waals surface area contributed by atoms with Crippen LogP contribution < -0.4 is 26.6 Å². The molecule has 2 fully saturated rings. The molecule has 0 aromatic heterocycles. The highest BCUT2D eigenvalue weighted by atomic mass is 16.2. The zero-order chi connectivity index (χ0) is 39.3. The van der Waals surface area contributed by atoms with Crippen LogP contribution in [0.4, 0.5) is 4.79 Å². The fraction of sp³-hybridized carbons (Fsp3) is 0.658. The molecule has 1 aliphatic heterocycles. The molecule has 14 nitrogen and oxygen atoms in total. The Hall–Kier alpha value is -4.49. The molecule has 1 aromatic carbocycles. The van der Waals surface area contributed by atoms with Crippen LogP contribution in [-0.2, 0) is 28.8 Å². The fourth-order valence-corrected chi connectivity index (χ4v) is 6.88. The Morgan fingerprint density at radius 2 is 1.54 bits per heavy atom. The van der Waals surface area contributed by atoms with Gasteiger partial charge in [0.15, 0.2) is 0 Å². The van der Waals surface area contributed by atoms with Crippen LogP contribution in [0.5, 0.6) is 0 Å². The Balaban J connectivity index is 1.76. The van der Waals surface area contributed by atoms with Gasteiger partial charge in [-0.1, -0.05) is 84.7 Å². The zero-order valence-corrected chi connectivity index (χ0v) is 32.6. The molecular formula is C38H59N7O7. The smallest absolute Gasteiger partial charge is 0.315 e. The standard InChI is InChI=1S/C38H59N7O7/c1-12-13-19-24(29(47)32(49)39-20-25(46)41-27(33(50)44(10)11)22-17-15-14-16-18-22)40-31(48)28-26-23(38(26,8)9)21-45(28)34(51)30(36(2,3)4)42-35(52)43-37(5,6)7/h14-18,23-24,26-28,30H,12-13,19-21H2,1-11H3,(H,39,49)(H,40,48)(H,41,46)(H2,42,43,52). The number of rotatable bonds is 14. The van der Waals surface area contributed by atoms with Gasteiger partial charge in [-0.15, -0.1) is 0 Å². The van der Waals surface area contributed by atoms with Gasteiger partial charge in [0, 0.05) is 26.2 Å². The van der Waals surface area contributed by atoms with Gasteiger partial charge in [-0.25, -0.2) is 4.79 Å². The molecular weight excluding hydrogens is 666 g/mol. The third-order valence-corrected chi connectivity index (χ3v) is 9.88. The predicted molar refractivity (Wildman–Crippen MR) is 196 cm³/mol. The first-order valence-electron chi connectivity index (χ1n) is 18.1. The van der Waals surface area contributed by atoms with Gasteiger partial charge in [0.2, 0.25) is 29.4 Å². The Labute approximate surface area is 307 Å². The molecule has 6 atom stereocenters. The molecule has 7 amide bonds. The minimum Gasteiger partial charge on any atom is -0.347 e. The maximum Gasteiger partial charge on any atom is 0.315 e. The van der Waals surface area contributed by atoms with Crippen molar-refractivity contribution in [3.05, 3.63) is 35.9 Å². The number of fused-ring (bicyclic) bond motifs is 1. The van der Waals surface area contributed by atoms with Crippen LogP contribution in [0.25, 0.3) is 0 Å². The van der Waals surface area contributed by atoms with E-state index in [-0.39, 0.29) is 29.6 Å². The lowest BCUT2D eigenvalue weighted by Crippen LogP contribution is -2.62. The third-order valence-electron chi connectivity index (χ3n) is 9.88. The molecule has 3 rings (SSSR count). The molecule has 52 heavy (non-hydrogen) atoms. The minimum absolute atomic E-state index is 0.0434. The van der Waals surface area contributed by atoms with Gasteiger partial charge < -0.3 is 36.4 Å². The van der Waals surface area contributed by atoms with E-state index in [1.807, 2.05) is 62.3 Å². The van der Waals surface area contributed by atoms with Gasteiger partial charge in [-0.3, -0.25) is 28.8 Å². The summed E-state index contributed by atoms with van der Waals surface area (Å²) in [5.74, 6) is -4.12. The molecule has 6 unspecified atom stereocenters. The monoisotopic (exact) mass is 725 g/mol. The fourth-order valence-electron chi connectivity index (χ4n) is 6.88. The number of hydrogen-bond acceptors (Lipinski definition) is 7. The van der Waals surface area contributed by atoms with Gasteiger partial charge in [0.25, 0.3) is 5.91 Å². The zero-order valence-electron chi connectivity index (χ0n) is 32.6. The molecule has 0 radical (unpaired) electrons. The summed E-state index contributed by atoms with van der Waals surface area (Å²) in [7, 11) is 3.13. The second-order valence-corrected chi connectivity index (χ2v) is 16.9. The maximum absolute atomic E-state index is 14.2. The SMILES string of the molecule is CCCCC(NC(=O)C1C2C(CN1C(=O)C(NC(=O)NC(C)(C)C)C(C)(C)C)C2(C)C)C(=O)C(=O)NCC(=O)NC(C(=O)N(C)C)c1ccccc1. The number of nitrogens with one attached hydrogen (secondary N) is 5. The highest BCUT2D eigenvalue weighted by molar-refractivity contribution is 6.38. The van der Waals surface area contributed by atoms with Crippen molar-refractivity contribution in [2.75, 3.05) is 27.2 Å². The van der Waals surface area contributed by atoms with E-state index in [4.69, 9.17) is 0 Å². The van der Waals surface area contributed by atoms with Gasteiger partial charge in [0.1, 0.15) is 18.1 Å². The second kappa shape index (κ2) is 16.5. The van der Waals surface area contributed by atoms with Crippen molar-refractivity contribution in [1.29, 1.82) is 0 Å². The lowest BCUT2D eigenvalue weighted by atomic mass is 9.85. The number of nitrogens with zero attached hydrogens (tertiary/aromatic N) is 2. The molecule has 1 aromatic rings. The number of benzene rings is 1. The van der Waals surface area contributed by atoms with Crippen LogP contribution in [-0.4, -0.2) is 102 Å². The summed E-state index contributed by atoms with van der Waals surface area (Å²) >= 11 is 0. The van der Waals surface area contributed by atoms with E-state index in [9.17, 15) is 33.6 Å². The first-order chi connectivity index (χ1) is 24.0. The summed E-state index contributed by atoms with van der Waals surface area (Å²) in [4.78, 5) is 96.4. The minimum atomic E-state index is -1.20. The van der Waals surface area contributed by atoms with Crippen LogP contribution >= 0.6 is 0 Å². The van der Waals surface area contributed by atoms with E-state index in [1.54, 1.807) is 44.4 Å². The molecule has 1 aliphatic carbocycles. The largest absolute Gasteiger partial charge is 0.347 e. The van der Waals surface area contributed by atoms with E-state index in [0.717, 1.165) is 0 Å². The molecule has 1 saturated heterocycles.